The molecule has 174 valence electrons. The van der Waals surface area contributed by atoms with Gasteiger partial charge < -0.3 is 15.1 Å². The molecule has 0 unspecified atom stereocenters. The first-order valence-electron chi connectivity index (χ1n) is 10.5. The number of imidazole rings is 1. The number of thiocarbonyl (C=S) groups is 1. The van der Waals surface area contributed by atoms with Gasteiger partial charge in [0, 0.05) is 12.1 Å². The molecular formula is C24H17N5O4S2. The van der Waals surface area contributed by atoms with Crippen LogP contribution in [0.4, 0.5) is 0 Å². The number of aromatic carboxylic acids is 1. The number of nitrogens with zero attached hydrogens (tertiary/aromatic N) is 3. The minimum Gasteiger partial charge on any atom is -0.478 e. The lowest BCUT2D eigenvalue weighted by molar-refractivity contribution is -0.122. The number of nitrogens with one attached hydrogen (secondary N) is 2. The van der Waals surface area contributed by atoms with Crippen molar-refractivity contribution in [2.45, 2.75) is 6.42 Å². The maximum absolute atomic E-state index is 13.0. The number of fused-ring (bicyclic) bond motifs is 1. The van der Waals surface area contributed by atoms with Crippen molar-refractivity contribution >= 4 is 57.4 Å². The Labute approximate surface area is 207 Å². The highest BCUT2D eigenvalue weighted by atomic mass is 32.2. The molecule has 0 aliphatic carbocycles. The van der Waals surface area contributed by atoms with E-state index in [9.17, 15) is 14.4 Å². The van der Waals surface area contributed by atoms with E-state index in [2.05, 4.69) is 19.9 Å². The number of rotatable bonds is 6. The number of H-pyrrole nitrogens is 2. The number of hydrogen-bond acceptors (Lipinski definition) is 7. The second-order valence-electron chi connectivity index (χ2n) is 7.73. The Hall–Kier alpha value is -4.09. The first kappa shape index (κ1) is 22.7. The number of carbonyl (C=O) groups excluding carboxylic acids is 1. The Balaban J connectivity index is 1.33. The van der Waals surface area contributed by atoms with E-state index in [4.69, 9.17) is 17.3 Å². The molecular weight excluding hydrogens is 486 g/mol. The van der Waals surface area contributed by atoms with E-state index in [1.807, 2.05) is 24.3 Å². The maximum atomic E-state index is 13.0. The fraction of sp³-hybridized carbons (Fsp3) is 0.0833. The quantitative estimate of drug-likeness (QED) is 0.269. The third-order valence-corrected chi connectivity index (χ3v) is 6.83. The fourth-order valence-corrected chi connectivity index (χ4v) is 4.96. The lowest BCUT2D eigenvalue weighted by atomic mass is 10.1. The standard InChI is InChI=1S/C24H17N5O4S2/c30-21-18-20(26-12-25-18)27-19(28-21)16-3-1-2-14(10-16)11-17-22(31)29(24(34)35-17)9-8-13-4-6-15(7-5-13)23(32)33/h1-7,10-12H,8-9H2,(H,32,33)(H2,25,26,27,28,30). The number of thioether (sulfide) groups is 1. The van der Waals surface area contributed by atoms with Gasteiger partial charge in [-0.15, -0.1) is 0 Å². The summed E-state index contributed by atoms with van der Waals surface area (Å²) in [5.74, 6) is -0.783. The molecule has 9 nitrogen and oxygen atoms in total. The highest BCUT2D eigenvalue weighted by Crippen LogP contribution is 2.33. The Morgan fingerprint density at radius 3 is 2.74 bits per heavy atom. The van der Waals surface area contributed by atoms with Crippen molar-refractivity contribution in [1.29, 1.82) is 0 Å². The number of hydrogen-bond donors (Lipinski definition) is 3. The highest BCUT2D eigenvalue weighted by molar-refractivity contribution is 8.26. The van der Waals surface area contributed by atoms with Gasteiger partial charge >= 0.3 is 5.97 Å². The summed E-state index contributed by atoms with van der Waals surface area (Å²) in [6.45, 7) is 0.392. The number of carbonyl (C=O) groups is 2. The van der Waals surface area contributed by atoms with E-state index in [0.717, 1.165) is 11.1 Å². The van der Waals surface area contributed by atoms with Crippen LogP contribution in [-0.4, -0.2) is 52.7 Å². The van der Waals surface area contributed by atoms with Gasteiger partial charge in [-0.2, -0.15) is 0 Å². The van der Waals surface area contributed by atoms with Gasteiger partial charge in [0.05, 0.1) is 16.8 Å². The van der Waals surface area contributed by atoms with Crippen LogP contribution in [0.1, 0.15) is 21.5 Å². The van der Waals surface area contributed by atoms with Gasteiger partial charge in [-0.1, -0.05) is 54.3 Å². The van der Waals surface area contributed by atoms with Gasteiger partial charge in [0.25, 0.3) is 11.5 Å². The van der Waals surface area contributed by atoms with Gasteiger partial charge in [-0.25, -0.2) is 14.8 Å². The normalized spacial score (nSPS) is 14.9. The molecule has 11 heteroatoms. The van der Waals surface area contributed by atoms with Crippen molar-refractivity contribution in [3.8, 4) is 11.4 Å². The van der Waals surface area contributed by atoms with Crippen LogP contribution in [0.15, 0.2) is 64.6 Å². The molecule has 1 amide bonds. The number of benzene rings is 2. The molecule has 1 aliphatic rings. The summed E-state index contributed by atoms with van der Waals surface area (Å²) < 4.78 is 0.467. The van der Waals surface area contributed by atoms with E-state index in [1.165, 1.54) is 18.1 Å². The summed E-state index contributed by atoms with van der Waals surface area (Å²) in [5.41, 5.74) is 2.90. The lowest BCUT2D eigenvalue weighted by Gasteiger charge is -2.14. The Bertz CT molecular complexity index is 1570. The van der Waals surface area contributed by atoms with Crippen LogP contribution >= 0.6 is 24.0 Å². The number of aromatic nitrogens is 4. The fourth-order valence-electron chi connectivity index (χ4n) is 3.65. The van der Waals surface area contributed by atoms with E-state index >= 15 is 0 Å². The summed E-state index contributed by atoms with van der Waals surface area (Å²) in [7, 11) is 0. The Kier molecular flexibility index (Phi) is 6.01. The van der Waals surface area contributed by atoms with E-state index in [-0.39, 0.29) is 17.0 Å². The molecule has 35 heavy (non-hydrogen) atoms. The largest absolute Gasteiger partial charge is 0.478 e. The molecule has 1 fully saturated rings. The zero-order valence-electron chi connectivity index (χ0n) is 18.0. The predicted molar refractivity (Wildman–Crippen MR) is 137 cm³/mol. The van der Waals surface area contributed by atoms with Crippen molar-refractivity contribution < 1.29 is 14.7 Å². The Morgan fingerprint density at radius 2 is 1.97 bits per heavy atom. The maximum Gasteiger partial charge on any atom is 0.335 e. The topological polar surface area (TPSA) is 132 Å². The van der Waals surface area contributed by atoms with Gasteiger partial charge in [-0.3, -0.25) is 14.5 Å². The van der Waals surface area contributed by atoms with Crippen LogP contribution in [0, 0.1) is 0 Å². The number of aromatic amines is 2. The predicted octanol–water partition coefficient (Wildman–Crippen LogP) is 3.46. The minimum atomic E-state index is -0.980. The summed E-state index contributed by atoms with van der Waals surface area (Å²) >= 11 is 6.65. The molecule has 0 radical (unpaired) electrons. The molecule has 0 atom stereocenters. The molecule has 5 rings (SSSR count). The monoisotopic (exact) mass is 503 g/mol. The SMILES string of the molecule is O=C(O)c1ccc(CCN2C(=O)C(=Cc3cccc(-c4nc5nc[nH]c5c(=O)[nH]4)c3)SC2=S)cc1. The second kappa shape index (κ2) is 9.28. The zero-order chi connectivity index (χ0) is 24.5. The Morgan fingerprint density at radius 1 is 1.17 bits per heavy atom. The molecule has 4 aromatic rings. The summed E-state index contributed by atoms with van der Waals surface area (Å²) in [4.78, 5) is 52.3. The van der Waals surface area contributed by atoms with Crippen molar-refractivity contribution in [2.75, 3.05) is 6.54 Å². The third-order valence-electron chi connectivity index (χ3n) is 5.45. The summed E-state index contributed by atoms with van der Waals surface area (Å²) in [5, 5.41) is 9.02. The van der Waals surface area contributed by atoms with Crippen LogP contribution in [0.3, 0.4) is 0 Å². The van der Waals surface area contributed by atoms with Gasteiger partial charge in [0.15, 0.2) is 11.2 Å². The average molecular weight is 504 g/mol. The third kappa shape index (κ3) is 4.63. The van der Waals surface area contributed by atoms with Crippen LogP contribution in [0.25, 0.3) is 28.6 Å². The smallest absolute Gasteiger partial charge is 0.335 e. The summed E-state index contributed by atoms with van der Waals surface area (Å²) in [6.07, 6.45) is 3.72. The molecule has 0 bridgehead atoms. The molecule has 2 aromatic heterocycles. The molecule has 0 spiro atoms. The van der Waals surface area contributed by atoms with Crippen LogP contribution < -0.4 is 5.56 Å². The van der Waals surface area contributed by atoms with Crippen molar-refractivity contribution in [1.82, 2.24) is 24.8 Å². The highest BCUT2D eigenvalue weighted by Gasteiger charge is 2.31. The van der Waals surface area contributed by atoms with Crippen molar-refractivity contribution in [3.05, 3.63) is 86.8 Å². The van der Waals surface area contributed by atoms with Crippen LogP contribution in [0.5, 0.6) is 0 Å². The van der Waals surface area contributed by atoms with Gasteiger partial charge in [-0.05, 0) is 41.8 Å². The van der Waals surface area contributed by atoms with Gasteiger partial charge in [0.2, 0.25) is 0 Å². The number of carboxylic acid groups (broad SMARTS) is 1. The molecule has 0 saturated carbocycles. The minimum absolute atomic E-state index is 0.183. The lowest BCUT2D eigenvalue weighted by Crippen LogP contribution is -2.30. The summed E-state index contributed by atoms with van der Waals surface area (Å²) in [6, 6.07) is 13.9. The molecule has 2 aromatic carbocycles. The zero-order valence-corrected chi connectivity index (χ0v) is 19.7. The van der Waals surface area contributed by atoms with Crippen LogP contribution in [0.2, 0.25) is 0 Å². The van der Waals surface area contributed by atoms with Crippen molar-refractivity contribution in [3.63, 3.8) is 0 Å². The average Bonchev–Trinajstić information content (AvgIpc) is 3.43. The van der Waals surface area contributed by atoms with E-state index in [0.29, 0.717) is 44.7 Å². The molecule has 3 heterocycles. The molecule has 1 aliphatic heterocycles. The molecule has 1 saturated heterocycles. The first-order valence-corrected chi connectivity index (χ1v) is 11.7. The number of carboxylic acids is 1. The van der Waals surface area contributed by atoms with Crippen LogP contribution in [-0.2, 0) is 11.2 Å². The first-order chi connectivity index (χ1) is 16.9. The number of amides is 1. The van der Waals surface area contributed by atoms with Crippen molar-refractivity contribution in [2.24, 2.45) is 0 Å². The van der Waals surface area contributed by atoms with E-state index < -0.39 is 5.97 Å². The second-order valence-corrected chi connectivity index (χ2v) is 9.40. The van der Waals surface area contributed by atoms with Gasteiger partial charge in [0.1, 0.15) is 10.1 Å². The van der Waals surface area contributed by atoms with E-state index in [1.54, 1.807) is 35.2 Å². The molecule has 3 N–H and O–H groups in total.